The molecule has 1 heterocycles. The number of benzene rings is 3. The van der Waals surface area contributed by atoms with E-state index in [1.807, 2.05) is 41.9 Å². The third-order valence-corrected chi connectivity index (χ3v) is 4.55. The maximum Gasteiger partial charge on any atom is 0.341 e. The Bertz CT molecular complexity index is 1150. The van der Waals surface area contributed by atoms with Gasteiger partial charge >= 0.3 is 5.97 Å². The minimum absolute atomic E-state index is 0.360. The molecule has 0 spiro atoms. The molecule has 0 aliphatic carbocycles. The molecule has 4 aromatic rings. The molecule has 0 radical (unpaired) electrons. The summed E-state index contributed by atoms with van der Waals surface area (Å²) >= 11 is 0. The molecule has 3 aromatic carbocycles. The molecule has 0 fully saturated rings. The average molecular weight is 362 g/mol. The van der Waals surface area contributed by atoms with Gasteiger partial charge in [0.25, 0.3) is 0 Å². The predicted molar refractivity (Wildman–Crippen MR) is 103 cm³/mol. The maximum absolute atomic E-state index is 10.6. The van der Waals surface area contributed by atoms with Crippen molar-refractivity contribution < 1.29 is 19.4 Å². The first kappa shape index (κ1) is 16.9. The van der Waals surface area contributed by atoms with Gasteiger partial charge in [0.05, 0.1) is 18.1 Å². The number of carboxylic acids is 1. The molecular weight excluding hydrogens is 344 g/mol. The van der Waals surface area contributed by atoms with E-state index >= 15 is 0 Å². The van der Waals surface area contributed by atoms with Gasteiger partial charge in [-0.2, -0.15) is 0 Å². The first-order chi connectivity index (χ1) is 13.1. The lowest BCUT2D eigenvalue weighted by Gasteiger charge is -2.05. The minimum Gasteiger partial charge on any atom is -0.497 e. The number of rotatable bonds is 5. The number of methoxy groups -OCH3 is 1. The zero-order chi connectivity index (χ0) is 19.0. The van der Waals surface area contributed by atoms with Crippen LogP contribution in [0.25, 0.3) is 33.2 Å². The molecule has 0 saturated heterocycles. The van der Waals surface area contributed by atoms with Crippen molar-refractivity contribution in [2.75, 3.05) is 13.7 Å². The van der Waals surface area contributed by atoms with Gasteiger partial charge in [-0.05, 0) is 53.9 Å². The Kier molecular flexibility index (Phi) is 4.16. The molecule has 6 nitrogen and oxygen atoms in total. The third kappa shape index (κ3) is 3.06. The fourth-order valence-corrected chi connectivity index (χ4v) is 3.19. The van der Waals surface area contributed by atoms with Crippen molar-refractivity contribution in [3.8, 4) is 22.9 Å². The van der Waals surface area contributed by atoms with Crippen LogP contribution in [0.15, 0.2) is 54.6 Å². The molecule has 4 rings (SSSR count). The van der Waals surface area contributed by atoms with Crippen LogP contribution < -0.4 is 9.47 Å². The Morgan fingerprint density at radius 2 is 1.81 bits per heavy atom. The fraction of sp³-hybridized carbons (Fsp3) is 0.143. The number of imidazole rings is 1. The second-order valence-electron chi connectivity index (χ2n) is 6.22. The molecule has 6 heteroatoms. The van der Waals surface area contributed by atoms with Crippen LogP contribution in [0, 0.1) is 0 Å². The average Bonchev–Trinajstić information content (AvgIpc) is 3.03. The van der Waals surface area contributed by atoms with Crippen molar-refractivity contribution >= 4 is 27.8 Å². The van der Waals surface area contributed by atoms with Crippen LogP contribution in [-0.2, 0) is 11.8 Å². The van der Waals surface area contributed by atoms with Gasteiger partial charge in [-0.1, -0.05) is 6.07 Å². The molecule has 27 heavy (non-hydrogen) atoms. The van der Waals surface area contributed by atoms with Crippen LogP contribution in [0.5, 0.6) is 11.5 Å². The lowest BCUT2D eigenvalue weighted by Crippen LogP contribution is -2.09. The van der Waals surface area contributed by atoms with Crippen molar-refractivity contribution in [3.63, 3.8) is 0 Å². The SMILES string of the molecule is COc1ccc2c(ccc3c2nc(-c2ccc(OCC(=O)O)cc2)n3C)c1. The van der Waals surface area contributed by atoms with Gasteiger partial charge in [0.15, 0.2) is 6.61 Å². The predicted octanol–water partition coefficient (Wildman–Crippen LogP) is 3.87. The van der Waals surface area contributed by atoms with Crippen molar-refractivity contribution in [2.45, 2.75) is 0 Å². The Balaban J connectivity index is 1.77. The Labute approximate surface area is 155 Å². The van der Waals surface area contributed by atoms with Crippen LogP contribution in [0.1, 0.15) is 0 Å². The zero-order valence-electron chi connectivity index (χ0n) is 15.0. The molecular formula is C21H18N2O4. The van der Waals surface area contributed by atoms with E-state index in [-0.39, 0.29) is 6.61 Å². The number of aryl methyl sites for hydroxylation is 1. The molecule has 136 valence electrons. The molecule has 0 unspecified atom stereocenters. The lowest BCUT2D eigenvalue weighted by molar-refractivity contribution is -0.139. The van der Waals surface area contributed by atoms with E-state index < -0.39 is 5.97 Å². The first-order valence-corrected chi connectivity index (χ1v) is 8.45. The second kappa shape index (κ2) is 6.64. The van der Waals surface area contributed by atoms with E-state index in [2.05, 4.69) is 12.1 Å². The highest BCUT2D eigenvalue weighted by molar-refractivity contribution is 6.05. The largest absolute Gasteiger partial charge is 0.497 e. The lowest BCUT2D eigenvalue weighted by atomic mass is 10.1. The van der Waals surface area contributed by atoms with Crippen molar-refractivity contribution in [2.24, 2.45) is 7.05 Å². The molecule has 1 N–H and O–H groups in total. The smallest absolute Gasteiger partial charge is 0.341 e. The van der Waals surface area contributed by atoms with Gasteiger partial charge in [-0.25, -0.2) is 9.78 Å². The minimum atomic E-state index is -1.00. The molecule has 1 aromatic heterocycles. The normalized spacial score (nSPS) is 11.0. The van der Waals surface area contributed by atoms with Crippen LogP contribution in [0.2, 0.25) is 0 Å². The first-order valence-electron chi connectivity index (χ1n) is 8.45. The number of fused-ring (bicyclic) bond motifs is 3. The zero-order valence-corrected chi connectivity index (χ0v) is 15.0. The number of hydrogen-bond donors (Lipinski definition) is 1. The van der Waals surface area contributed by atoms with Crippen molar-refractivity contribution in [1.82, 2.24) is 9.55 Å². The highest BCUT2D eigenvalue weighted by Gasteiger charge is 2.13. The Hall–Kier alpha value is -3.54. The quantitative estimate of drug-likeness (QED) is 0.583. The summed E-state index contributed by atoms with van der Waals surface area (Å²) in [5, 5.41) is 10.8. The van der Waals surface area contributed by atoms with Gasteiger partial charge < -0.3 is 19.1 Å². The summed E-state index contributed by atoms with van der Waals surface area (Å²) in [7, 11) is 3.64. The highest BCUT2D eigenvalue weighted by atomic mass is 16.5. The topological polar surface area (TPSA) is 73.6 Å². The molecule has 0 bridgehead atoms. The van der Waals surface area contributed by atoms with Crippen LogP contribution in [-0.4, -0.2) is 34.3 Å². The summed E-state index contributed by atoms with van der Waals surface area (Å²) in [5.74, 6) is 1.16. The summed E-state index contributed by atoms with van der Waals surface area (Å²) in [6.45, 7) is -0.360. The van der Waals surface area contributed by atoms with Crippen LogP contribution in [0.4, 0.5) is 0 Å². The molecule has 0 atom stereocenters. The van der Waals surface area contributed by atoms with E-state index in [4.69, 9.17) is 19.6 Å². The number of aliphatic carboxylic acids is 1. The molecule has 0 aliphatic rings. The van der Waals surface area contributed by atoms with Gasteiger partial charge in [0, 0.05) is 18.0 Å². The number of nitrogens with zero attached hydrogens (tertiary/aromatic N) is 2. The van der Waals surface area contributed by atoms with Gasteiger partial charge in [0.1, 0.15) is 17.3 Å². The summed E-state index contributed by atoms with van der Waals surface area (Å²) < 4.78 is 12.5. The number of ether oxygens (including phenoxy) is 2. The Morgan fingerprint density at radius 3 is 2.52 bits per heavy atom. The third-order valence-electron chi connectivity index (χ3n) is 4.55. The number of aromatic nitrogens is 2. The second-order valence-corrected chi connectivity index (χ2v) is 6.22. The molecule has 0 amide bonds. The Morgan fingerprint density at radius 1 is 1.07 bits per heavy atom. The summed E-state index contributed by atoms with van der Waals surface area (Å²) in [6.07, 6.45) is 0. The number of carboxylic acid groups (broad SMARTS) is 1. The van der Waals surface area contributed by atoms with E-state index in [1.165, 1.54) is 0 Å². The van der Waals surface area contributed by atoms with E-state index in [0.29, 0.717) is 5.75 Å². The van der Waals surface area contributed by atoms with Gasteiger partial charge in [0.2, 0.25) is 0 Å². The van der Waals surface area contributed by atoms with E-state index in [9.17, 15) is 4.79 Å². The van der Waals surface area contributed by atoms with Gasteiger partial charge in [-0.3, -0.25) is 0 Å². The molecule has 0 aliphatic heterocycles. The van der Waals surface area contributed by atoms with Gasteiger partial charge in [-0.15, -0.1) is 0 Å². The maximum atomic E-state index is 10.6. The highest BCUT2D eigenvalue weighted by Crippen LogP contribution is 2.31. The number of carbonyl (C=O) groups is 1. The summed E-state index contributed by atoms with van der Waals surface area (Å²) in [4.78, 5) is 15.5. The summed E-state index contributed by atoms with van der Waals surface area (Å²) in [6, 6.07) is 17.3. The standard InChI is InChI=1S/C21H18N2O4/c1-23-18-10-5-14-11-16(26-2)8-9-17(14)20(18)22-21(23)13-3-6-15(7-4-13)27-12-19(24)25/h3-11H,12H2,1-2H3,(H,24,25). The number of hydrogen-bond acceptors (Lipinski definition) is 4. The monoisotopic (exact) mass is 362 g/mol. The summed E-state index contributed by atoms with van der Waals surface area (Å²) in [5.41, 5.74) is 2.89. The van der Waals surface area contributed by atoms with E-state index in [1.54, 1.807) is 19.2 Å². The molecule has 0 saturated carbocycles. The van der Waals surface area contributed by atoms with Crippen molar-refractivity contribution in [3.05, 3.63) is 54.6 Å². The fourth-order valence-electron chi connectivity index (χ4n) is 3.19. The van der Waals surface area contributed by atoms with E-state index in [0.717, 1.165) is 38.9 Å². The van der Waals surface area contributed by atoms with Crippen LogP contribution >= 0.6 is 0 Å². The van der Waals surface area contributed by atoms with Crippen LogP contribution in [0.3, 0.4) is 0 Å². The van der Waals surface area contributed by atoms with Crippen molar-refractivity contribution in [1.29, 1.82) is 0 Å².